The fourth-order valence-electron chi connectivity index (χ4n) is 0. The second-order valence-electron chi connectivity index (χ2n) is 0.238. The molecule has 0 aliphatic rings. The lowest BCUT2D eigenvalue weighted by Gasteiger charge is -1.56. The van der Waals surface area contributed by atoms with Gasteiger partial charge in [0.25, 0.3) is 5.09 Å². The van der Waals surface area contributed by atoms with Crippen molar-refractivity contribution in [2.45, 2.75) is 0 Å². The molecule has 0 aliphatic carbocycles. The van der Waals surface area contributed by atoms with E-state index in [1.807, 2.05) is 0 Å². The zero-order valence-electron chi connectivity index (χ0n) is 1.71. The van der Waals surface area contributed by atoms with Gasteiger partial charge in [-0.05, 0) is 0 Å². The van der Waals surface area contributed by atoms with Crippen LogP contribution in [0.3, 0.4) is 0 Å². The summed E-state index contributed by atoms with van der Waals surface area (Å²) in [7, 11) is 0. The van der Waals surface area contributed by atoms with Gasteiger partial charge >= 0.3 is 0 Å². The Hall–Kier alpha value is -0.800. The highest BCUT2D eigenvalue weighted by molar-refractivity contribution is 3.83. The molecule has 0 aromatic heterocycles. The first-order valence-corrected chi connectivity index (χ1v) is 0.565. The Morgan fingerprint density at radius 3 is 2.00 bits per heavy atom. The maximum Gasteiger partial charge on any atom is 0.291 e. The standard InChI is InChI=1S/HNO3/c2-1(3)4/h(H,2,3,4)/i1-1. The zero-order valence-corrected chi connectivity index (χ0v) is 1.71. The summed E-state index contributed by atoms with van der Waals surface area (Å²) in [6, 6.07) is 0. The molecule has 0 saturated heterocycles. The minimum absolute atomic E-state index is 1.50. The molecule has 4 heavy (non-hydrogen) atoms. The summed E-state index contributed by atoms with van der Waals surface area (Å²) in [5.74, 6) is 0. The molecule has 0 spiro atoms. The first-order chi connectivity index (χ1) is 1.73. The third-order valence-corrected chi connectivity index (χ3v) is 0. The van der Waals surface area contributed by atoms with Gasteiger partial charge in [0, 0.05) is 0 Å². The van der Waals surface area contributed by atoms with Gasteiger partial charge in [-0.15, -0.1) is 10.1 Å². The van der Waals surface area contributed by atoms with Crippen molar-refractivity contribution in [2.75, 3.05) is 0 Å². The molecular formula is HNO3. The number of nitrogens with zero attached hydrogens (tertiary/aromatic N) is 1. The summed E-state index contributed by atoms with van der Waals surface area (Å²) >= 11 is 0. The van der Waals surface area contributed by atoms with Crippen molar-refractivity contribution in [3.63, 3.8) is 0 Å². The van der Waals surface area contributed by atoms with Crippen LogP contribution < -0.4 is 0 Å². The van der Waals surface area contributed by atoms with Crippen LogP contribution >= 0.6 is 0 Å². The molecule has 0 radical (unpaired) electrons. The van der Waals surface area contributed by atoms with Gasteiger partial charge in [0.2, 0.25) is 0 Å². The van der Waals surface area contributed by atoms with Crippen LogP contribution in [-0.2, 0) is 0 Å². The highest BCUT2D eigenvalue weighted by Crippen LogP contribution is 1.38. The molecule has 0 aliphatic heterocycles. The highest BCUT2D eigenvalue weighted by atomic mass is 16.7. The highest BCUT2D eigenvalue weighted by Gasteiger charge is 1.65. The molecule has 0 fully saturated rings. The van der Waals surface area contributed by atoms with E-state index in [4.69, 9.17) is 15.3 Å². The van der Waals surface area contributed by atoms with E-state index >= 15 is 0 Å². The lowest BCUT2D eigenvalue weighted by molar-refractivity contribution is -0.742. The summed E-state index contributed by atoms with van der Waals surface area (Å²) in [6.07, 6.45) is 0. The molecule has 0 amide bonds. The predicted octanol–water partition coefficient (Wildman–Crippen LogP) is -0.348. The number of hydrogen-bond donors (Lipinski definition) is 1. The maximum absolute atomic E-state index is 8.36. The fourth-order valence-corrected chi connectivity index (χ4v) is 0. The first kappa shape index (κ1) is 3.20. The summed E-state index contributed by atoms with van der Waals surface area (Å²) in [6.45, 7) is 0. The van der Waals surface area contributed by atoms with Crippen LogP contribution in [0, 0.1) is 10.1 Å². The Kier molecular flexibility index (Phi) is 0.524. The third-order valence-electron chi connectivity index (χ3n) is 0. The van der Waals surface area contributed by atoms with Gasteiger partial charge < -0.3 is 5.21 Å². The molecule has 24 valence electrons. The van der Waals surface area contributed by atoms with Crippen molar-refractivity contribution in [1.29, 1.82) is 0 Å². The summed E-state index contributed by atoms with van der Waals surface area (Å²) in [4.78, 5) is 8.36. The molecule has 0 atom stereocenters. The molecule has 1 N–H and O–H groups in total. The van der Waals surface area contributed by atoms with E-state index in [0.29, 0.717) is 0 Å². The third kappa shape index (κ3) is 0.0750. The van der Waals surface area contributed by atoms with E-state index in [1.165, 1.54) is 0 Å². The molecular weight excluding hydrogens is 61.0 g/mol. The van der Waals surface area contributed by atoms with Gasteiger partial charge in [0.1, 0.15) is 0 Å². The van der Waals surface area contributed by atoms with Gasteiger partial charge in [-0.1, -0.05) is 0 Å². The average molecular weight is 62.0 g/mol. The van der Waals surface area contributed by atoms with E-state index in [9.17, 15) is 0 Å². The second-order valence-corrected chi connectivity index (χ2v) is 0.238. The Morgan fingerprint density at radius 1 is 2.00 bits per heavy atom. The Morgan fingerprint density at radius 2 is 2.00 bits per heavy atom. The molecule has 0 aromatic rings. The van der Waals surface area contributed by atoms with Gasteiger partial charge in [-0.3, -0.25) is 0 Å². The van der Waals surface area contributed by atoms with Crippen LogP contribution in [-0.4, -0.2) is 10.3 Å². The smallest absolute Gasteiger partial charge is 0.291 e. The van der Waals surface area contributed by atoms with Crippen LogP contribution in [0.4, 0.5) is 0 Å². The first-order valence-electron chi connectivity index (χ1n) is 0.565. The van der Waals surface area contributed by atoms with E-state index in [-0.39, 0.29) is 0 Å². The van der Waals surface area contributed by atoms with Crippen LogP contribution in [0.15, 0.2) is 0 Å². The molecule has 0 bridgehead atoms. The lowest BCUT2D eigenvalue weighted by atomic mass is 12.3. The van der Waals surface area contributed by atoms with Gasteiger partial charge in [0.15, 0.2) is 0 Å². The summed E-state index contributed by atoms with van der Waals surface area (Å²) in [5, 5.41) is 13.6. The molecule has 0 heterocycles. The largest absolute Gasteiger partial charge is 0.328 e. The van der Waals surface area contributed by atoms with E-state index in [0.717, 1.165) is 0 Å². The quantitative estimate of drug-likeness (QED) is 0.308. The minimum atomic E-state index is -1.50. The summed E-state index contributed by atoms with van der Waals surface area (Å²) < 4.78 is 0. The van der Waals surface area contributed by atoms with Crippen molar-refractivity contribution in [3.8, 4) is 0 Å². The van der Waals surface area contributed by atoms with Crippen molar-refractivity contribution in [1.82, 2.24) is 0 Å². The second kappa shape index (κ2) is 0.655. The average Bonchev–Trinajstić information content (AvgIpc) is 0.811. The zero-order chi connectivity index (χ0) is 3.58. The predicted molar refractivity (Wildman–Crippen MR) is 8.78 cm³/mol. The van der Waals surface area contributed by atoms with Gasteiger partial charge in [-0.25, -0.2) is 0 Å². The number of rotatable bonds is 0. The van der Waals surface area contributed by atoms with Crippen molar-refractivity contribution in [2.24, 2.45) is 0 Å². The van der Waals surface area contributed by atoms with E-state index in [1.54, 1.807) is 0 Å². The van der Waals surface area contributed by atoms with Crippen molar-refractivity contribution >= 4 is 0 Å². The molecule has 4 heteroatoms. The molecule has 0 rings (SSSR count). The molecule has 4 nitrogen and oxygen atoms in total. The van der Waals surface area contributed by atoms with Crippen molar-refractivity contribution in [3.05, 3.63) is 10.1 Å². The Bertz CT molecular complexity index is 26.3. The molecule has 0 saturated carbocycles. The maximum atomic E-state index is 8.36. The van der Waals surface area contributed by atoms with E-state index in [2.05, 4.69) is 0 Å². The topological polar surface area (TPSA) is 63.4 Å². The Balaban J connectivity index is 2.80. The Labute approximate surface area is 21.8 Å². The van der Waals surface area contributed by atoms with Crippen LogP contribution in [0.2, 0.25) is 0 Å². The monoisotopic (exact) mass is 62.0 g/mol. The summed E-state index contributed by atoms with van der Waals surface area (Å²) in [5.41, 5.74) is 0. The van der Waals surface area contributed by atoms with Crippen LogP contribution in [0.5, 0.6) is 0 Å². The minimum Gasteiger partial charge on any atom is -0.328 e. The fraction of sp³-hybridized carbons (Fsp3) is 0. The SMILES string of the molecule is O=[13N+]([O-])O. The molecule has 0 aromatic carbocycles. The normalized spacial score (nSPS) is 6.00. The van der Waals surface area contributed by atoms with Crippen LogP contribution in [0.1, 0.15) is 0 Å². The number of hydrogen-bond acceptors (Lipinski definition) is 2. The molecule has 0 unspecified atom stereocenters. The lowest BCUT2D eigenvalue weighted by Crippen LogP contribution is -1.81. The van der Waals surface area contributed by atoms with Gasteiger partial charge in [0.05, 0.1) is 0 Å². The van der Waals surface area contributed by atoms with E-state index < -0.39 is 5.09 Å². The van der Waals surface area contributed by atoms with Crippen LogP contribution in [0.25, 0.3) is 0 Å². The van der Waals surface area contributed by atoms with Gasteiger partial charge in [-0.2, -0.15) is 0 Å². The van der Waals surface area contributed by atoms with Crippen molar-refractivity contribution < 1.29 is 10.3 Å².